The van der Waals surface area contributed by atoms with Crippen LogP contribution in [-0.4, -0.2) is 34.8 Å². The van der Waals surface area contributed by atoms with Crippen LogP contribution in [0.4, 0.5) is 8.78 Å². The lowest BCUT2D eigenvalue weighted by atomic mass is 9.94. The molecule has 1 saturated heterocycles. The molecule has 0 aromatic carbocycles. The lowest BCUT2D eigenvalue weighted by molar-refractivity contribution is -0.0957. The molecule has 1 aromatic heterocycles. The number of carbonyl (C=O) groups excluding carboxylic acids is 1. The summed E-state index contributed by atoms with van der Waals surface area (Å²) in [7, 11) is 0. The number of rotatable bonds is 1. The van der Waals surface area contributed by atoms with E-state index in [-0.39, 0.29) is 5.91 Å². The summed E-state index contributed by atoms with van der Waals surface area (Å²) in [6.45, 7) is 1.46. The van der Waals surface area contributed by atoms with E-state index in [0.717, 1.165) is 0 Å². The number of aromatic amines is 1. The zero-order chi connectivity index (χ0) is 11.8. The minimum Gasteiger partial charge on any atom is -0.367 e. The van der Waals surface area contributed by atoms with Crippen molar-refractivity contribution in [3.63, 3.8) is 0 Å². The molecule has 2 heterocycles. The first-order valence-electron chi connectivity index (χ1n) is 5.30. The number of halogens is 2. The fourth-order valence-electron chi connectivity index (χ4n) is 1.86. The number of hydrogen-bond acceptors (Lipinski definition) is 1. The Bertz CT molecular complexity index is 375. The molecule has 88 valence electrons. The molecule has 0 spiro atoms. The van der Waals surface area contributed by atoms with Crippen molar-refractivity contribution in [1.82, 2.24) is 9.88 Å². The lowest BCUT2D eigenvalue weighted by Gasteiger charge is -2.36. The van der Waals surface area contributed by atoms with Crippen molar-refractivity contribution in [2.24, 2.45) is 5.92 Å². The molecule has 2 rings (SSSR count). The topological polar surface area (TPSA) is 36.1 Å². The number of alkyl halides is 2. The highest BCUT2D eigenvalue weighted by atomic mass is 19.3. The van der Waals surface area contributed by atoms with E-state index in [1.54, 1.807) is 12.3 Å². The Morgan fingerprint density at radius 2 is 2.38 bits per heavy atom. The fraction of sp³-hybridized carbons (Fsp3) is 0.545. The maximum absolute atomic E-state index is 13.4. The van der Waals surface area contributed by atoms with E-state index in [9.17, 15) is 13.6 Å². The number of nitrogens with zero attached hydrogens (tertiary/aromatic N) is 1. The van der Waals surface area contributed by atoms with Crippen molar-refractivity contribution in [2.75, 3.05) is 13.1 Å². The first-order chi connectivity index (χ1) is 7.50. The molecule has 1 fully saturated rings. The monoisotopic (exact) mass is 228 g/mol. The second-order valence-corrected chi connectivity index (χ2v) is 4.28. The number of nitrogens with one attached hydrogen (secondary N) is 1. The highest BCUT2D eigenvalue weighted by Gasteiger charge is 2.43. The van der Waals surface area contributed by atoms with Gasteiger partial charge in [0.2, 0.25) is 0 Å². The minimum atomic E-state index is -2.77. The molecule has 1 N–H and O–H groups in total. The smallest absolute Gasteiger partial charge is 0.267 e. The van der Waals surface area contributed by atoms with Gasteiger partial charge in [0.25, 0.3) is 11.8 Å². The van der Waals surface area contributed by atoms with E-state index in [4.69, 9.17) is 0 Å². The molecule has 1 atom stereocenters. The van der Waals surface area contributed by atoms with Gasteiger partial charge in [-0.05, 0) is 12.5 Å². The third-order valence-corrected chi connectivity index (χ3v) is 3.09. The molecule has 0 bridgehead atoms. The summed E-state index contributed by atoms with van der Waals surface area (Å²) in [6, 6.07) is 1.60. The van der Waals surface area contributed by atoms with Crippen LogP contribution in [0.1, 0.15) is 23.7 Å². The van der Waals surface area contributed by atoms with Crippen LogP contribution in [0.25, 0.3) is 0 Å². The number of likely N-dealkylation sites (tertiary alicyclic amines) is 1. The molecule has 3 nitrogen and oxygen atoms in total. The van der Waals surface area contributed by atoms with Crippen LogP contribution in [0.5, 0.6) is 0 Å². The summed E-state index contributed by atoms with van der Waals surface area (Å²) >= 11 is 0. The lowest BCUT2D eigenvalue weighted by Crippen LogP contribution is -2.49. The Labute approximate surface area is 92.4 Å². The molecule has 1 aliphatic rings. The fourth-order valence-corrected chi connectivity index (χ4v) is 1.86. The molecule has 1 aliphatic heterocycles. The molecule has 0 radical (unpaired) electrons. The van der Waals surface area contributed by atoms with Crippen molar-refractivity contribution in [3.8, 4) is 0 Å². The number of piperidine rings is 1. The second-order valence-electron chi connectivity index (χ2n) is 4.28. The van der Waals surface area contributed by atoms with Gasteiger partial charge in [0.15, 0.2) is 0 Å². The second kappa shape index (κ2) is 3.88. The molecular formula is C11H14F2N2O. The van der Waals surface area contributed by atoms with Gasteiger partial charge in [-0.3, -0.25) is 4.79 Å². The van der Waals surface area contributed by atoms with Gasteiger partial charge < -0.3 is 9.88 Å². The first-order valence-corrected chi connectivity index (χ1v) is 5.30. The van der Waals surface area contributed by atoms with Crippen molar-refractivity contribution in [3.05, 3.63) is 24.0 Å². The molecule has 0 aliphatic carbocycles. The molecule has 0 saturated carbocycles. The largest absolute Gasteiger partial charge is 0.367 e. The zero-order valence-electron chi connectivity index (χ0n) is 9.04. The Morgan fingerprint density at radius 1 is 1.62 bits per heavy atom. The highest BCUT2D eigenvalue weighted by Crippen LogP contribution is 2.32. The quantitative estimate of drug-likeness (QED) is 0.785. The highest BCUT2D eigenvalue weighted by molar-refractivity contribution is 5.94. The summed E-state index contributed by atoms with van der Waals surface area (Å²) in [5.74, 6) is -3.75. The predicted octanol–water partition coefficient (Wildman–Crippen LogP) is 2.13. The summed E-state index contributed by atoms with van der Waals surface area (Å²) in [4.78, 5) is 15.8. The molecule has 0 unspecified atom stereocenters. The predicted molar refractivity (Wildman–Crippen MR) is 55.4 cm³/mol. The molecule has 5 heteroatoms. The van der Waals surface area contributed by atoms with E-state index < -0.39 is 18.4 Å². The Hall–Kier alpha value is -1.39. The van der Waals surface area contributed by atoms with Crippen LogP contribution in [0.15, 0.2) is 18.5 Å². The SMILES string of the molecule is C[C@@H]1CCN(C(=O)c2cc[nH]c2)CC1(F)F. The number of H-pyrrole nitrogens is 1. The van der Waals surface area contributed by atoms with Gasteiger partial charge in [-0.1, -0.05) is 6.92 Å². The Kier molecular flexibility index (Phi) is 2.69. The van der Waals surface area contributed by atoms with Crippen LogP contribution >= 0.6 is 0 Å². The zero-order valence-corrected chi connectivity index (χ0v) is 9.04. The van der Waals surface area contributed by atoms with Crippen LogP contribution < -0.4 is 0 Å². The van der Waals surface area contributed by atoms with Crippen LogP contribution in [0.3, 0.4) is 0 Å². The molecule has 1 aromatic rings. The van der Waals surface area contributed by atoms with Gasteiger partial charge in [-0.2, -0.15) is 0 Å². The third kappa shape index (κ3) is 1.94. The van der Waals surface area contributed by atoms with Crippen LogP contribution in [-0.2, 0) is 0 Å². The van der Waals surface area contributed by atoms with E-state index >= 15 is 0 Å². The maximum Gasteiger partial charge on any atom is 0.267 e. The van der Waals surface area contributed by atoms with Gasteiger partial charge in [-0.25, -0.2) is 8.78 Å². The van der Waals surface area contributed by atoms with E-state index in [0.29, 0.717) is 18.5 Å². The summed E-state index contributed by atoms with van der Waals surface area (Å²) < 4.78 is 26.9. The van der Waals surface area contributed by atoms with Crippen LogP contribution in [0.2, 0.25) is 0 Å². The molecular weight excluding hydrogens is 214 g/mol. The summed E-state index contributed by atoms with van der Waals surface area (Å²) in [6.07, 6.45) is 3.49. The van der Waals surface area contributed by atoms with Crippen molar-refractivity contribution >= 4 is 5.91 Å². The third-order valence-electron chi connectivity index (χ3n) is 3.09. The maximum atomic E-state index is 13.4. The average Bonchev–Trinajstić information content (AvgIpc) is 2.74. The first kappa shape index (κ1) is 11.1. The Balaban J connectivity index is 2.10. The number of carbonyl (C=O) groups is 1. The van der Waals surface area contributed by atoms with Crippen molar-refractivity contribution in [2.45, 2.75) is 19.3 Å². The number of hydrogen-bond donors (Lipinski definition) is 1. The van der Waals surface area contributed by atoms with Crippen LogP contribution in [0, 0.1) is 5.92 Å². The molecule has 1 amide bonds. The van der Waals surface area contributed by atoms with Gasteiger partial charge in [0.05, 0.1) is 12.1 Å². The van der Waals surface area contributed by atoms with Crippen molar-refractivity contribution in [1.29, 1.82) is 0 Å². The van der Waals surface area contributed by atoms with E-state index in [1.165, 1.54) is 18.0 Å². The van der Waals surface area contributed by atoms with Gasteiger partial charge >= 0.3 is 0 Å². The minimum absolute atomic E-state index is 0.326. The van der Waals surface area contributed by atoms with E-state index in [1.807, 2.05) is 0 Å². The van der Waals surface area contributed by atoms with Gasteiger partial charge in [0, 0.05) is 24.9 Å². The van der Waals surface area contributed by atoms with Crippen molar-refractivity contribution < 1.29 is 13.6 Å². The Morgan fingerprint density at radius 3 is 2.94 bits per heavy atom. The van der Waals surface area contributed by atoms with E-state index in [2.05, 4.69) is 4.98 Å². The summed E-state index contributed by atoms with van der Waals surface area (Å²) in [5.41, 5.74) is 0.436. The van der Waals surface area contributed by atoms with Gasteiger partial charge in [-0.15, -0.1) is 0 Å². The molecule has 16 heavy (non-hydrogen) atoms. The number of aromatic nitrogens is 1. The standard InChI is InChI=1S/C11H14F2N2O/c1-8-3-5-15(7-11(8,12)13)10(16)9-2-4-14-6-9/h2,4,6,8,14H,3,5,7H2,1H3/t8-/m1/s1. The number of amides is 1. The average molecular weight is 228 g/mol. The normalized spacial score (nSPS) is 24.4. The summed E-state index contributed by atoms with van der Waals surface area (Å²) in [5, 5.41) is 0. The van der Waals surface area contributed by atoms with Gasteiger partial charge in [0.1, 0.15) is 0 Å².